The van der Waals surface area contributed by atoms with Gasteiger partial charge in [0.2, 0.25) is 15.9 Å². The van der Waals surface area contributed by atoms with Crippen LogP contribution in [0, 0.1) is 20.8 Å². The van der Waals surface area contributed by atoms with Gasteiger partial charge in [-0.25, -0.2) is 8.42 Å². The van der Waals surface area contributed by atoms with Gasteiger partial charge in [0.25, 0.3) is 0 Å². The Morgan fingerprint density at radius 2 is 2.05 bits per heavy atom. The number of rotatable bonds is 3. The average molecular weight is 321 g/mol. The number of benzene rings is 1. The van der Waals surface area contributed by atoms with E-state index in [4.69, 9.17) is 4.52 Å². The fourth-order valence-electron chi connectivity index (χ4n) is 2.83. The van der Waals surface area contributed by atoms with E-state index < -0.39 is 10.0 Å². The third-order valence-electron chi connectivity index (χ3n) is 3.96. The summed E-state index contributed by atoms with van der Waals surface area (Å²) in [6, 6.07) is 5.10. The van der Waals surface area contributed by atoms with Crippen LogP contribution in [0.1, 0.15) is 41.7 Å². The van der Waals surface area contributed by atoms with E-state index in [0.29, 0.717) is 29.6 Å². The van der Waals surface area contributed by atoms with Crippen molar-refractivity contribution in [1.29, 1.82) is 0 Å². The molecule has 0 amide bonds. The Hall–Kier alpha value is -1.73. The molecule has 0 N–H and O–H groups in total. The van der Waals surface area contributed by atoms with Gasteiger partial charge in [0, 0.05) is 6.54 Å². The van der Waals surface area contributed by atoms with Gasteiger partial charge in [-0.05, 0) is 50.8 Å². The molecule has 6 nitrogen and oxygen atoms in total. The van der Waals surface area contributed by atoms with E-state index >= 15 is 0 Å². The summed E-state index contributed by atoms with van der Waals surface area (Å²) in [7, 11) is -3.57. The summed E-state index contributed by atoms with van der Waals surface area (Å²) < 4.78 is 32.8. The van der Waals surface area contributed by atoms with Gasteiger partial charge in [0.15, 0.2) is 5.82 Å². The second kappa shape index (κ2) is 5.48. The lowest BCUT2D eigenvalue weighted by Gasteiger charge is -2.22. The minimum absolute atomic E-state index is 0.357. The van der Waals surface area contributed by atoms with Gasteiger partial charge in [-0.2, -0.15) is 9.29 Å². The molecule has 0 aliphatic carbocycles. The highest BCUT2D eigenvalue weighted by atomic mass is 32.2. The SMILES string of the molecule is Cc1ccc(C)c(S(=O)(=O)N2CCCC2c2nc(C)no2)c1. The predicted octanol–water partition coefficient (Wildman–Crippen LogP) is 2.52. The molecule has 2 heterocycles. The smallest absolute Gasteiger partial charge is 0.245 e. The third kappa shape index (κ3) is 2.55. The van der Waals surface area contributed by atoms with Gasteiger partial charge in [-0.15, -0.1) is 0 Å². The standard InChI is InChI=1S/C15H19N3O3S/c1-10-6-7-11(2)14(9-10)22(19,20)18-8-4-5-13(18)15-16-12(3)17-21-15/h6-7,9,13H,4-5,8H2,1-3H3. The van der Waals surface area contributed by atoms with Crippen LogP contribution < -0.4 is 0 Å². The van der Waals surface area contributed by atoms with Gasteiger partial charge in [0.1, 0.15) is 6.04 Å². The summed E-state index contributed by atoms with van der Waals surface area (Å²) in [5.41, 5.74) is 1.67. The first kappa shape index (κ1) is 15.2. The van der Waals surface area contributed by atoms with Crippen LogP contribution >= 0.6 is 0 Å². The number of hydrogen-bond acceptors (Lipinski definition) is 5. The molecule has 1 aromatic carbocycles. The highest BCUT2D eigenvalue weighted by molar-refractivity contribution is 7.89. The van der Waals surface area contributed by atoms with E-state index in [2.05, 4.69) is 10.1 Å². The van der Waals surface area contributed by atoms with Crippen molar-refractivity contribution in [3.63, 3.8) is 0 Å². The molecule has 1 aliphatic heterocycles. The number of hydrogen-bond donors (Lipinski definition) is 0. The number of aryl methyl sites for hydroxylation is 3. The zero-order chi connectivity index (χ0) is 15.9. The summed E-state index contributed by atoms with van der Waals surface area (Å²) in [5.74, 6) is 0.898. The topological polar surface area (TPSA) is 76.3 Å². The summed E-state index contributed by atoms with van der Waals surface area (Å²) in [4.78, 5) is 4.56. The van der Waals surface area contributed by atoms with Gasteiger partial charge in [0.05, 0.1) is 4.90 Å². The van der Waals surface area contributed by atoms with Crippen molar-refractivity contribution < 1.29 is 12.9 Å². The summed E-state index contributed by atoms with van der Waals surface area (Å²) in [6.45, 7) is 5.91. The number of aromatic nitrogens is 2. The molecule has 1 aromatic heterocycles. The Kier molecular flexibility index (Phi) is 3.78. The van der Waals surface area contributed by atoms with Gasteiger partial charge >= 0.3 is 0 Å². The third-order valence-corrected chi connectivity index (χ3v) is 6.01. The second-order valence-electron chi connectivity index (χ2n) is 5.72. The van der Waals surface area contributed by atoms with E-state index in [1.807, 2.05) is 26.0 Å². The molecule has 0 saturated carbocycles. The lowest BCUT2D eigenvalue weighted by atomic mass is 10.2. The first-order chi connectivity index (χ1) is 10.4. The Balaban J connectivity index is 2.02. The van der Waals surface area contributed by atoms with E-state index in [1.54, 1.807) is 13.0 Å². The van der Waals surface area contributed by atoms with E-state index in [9.17, 15) is 8.42 Å². The maximum absolute atomic E-state index is 13.0. The highest BCUT2D eigenvalue weighted by Crippen LogP contribution is 2.36. The molecule has 1 atom stereocenters. The summed E-state index contributed by atoms with van der Waals surface area (Å²) in [5, 5.41) is 3.77. The summed E-state index contributed by atoms with van der Waals surface area (Å²) in [6.07, 6.45) is 1.49. The molecule has 1 fully saturated rings. The Morgan fingerprint density at radius 1 is 1.27 bits per heavy atom. The molecule has 7 heteroatoms. The number of nitrogens with zero attached hydrogens (tertiary/aromatic N) is 3. The van der Waals surface area contributed by atoms with Crippen LogP contribution in [-0.2, 0) is 10.0 Å². The quantitative estimate of drug-likeness (QED) is 0.868. The number of sulfonamides is 1. The van der Waals surface area contributed by atoms with Crippen molar-refractivity contribution in [2.24, 2.45) is 0 Å². The Bertz CT molecular complexity index is 798. The molecular weight excluding hydrogens is 302 g/mol. The minimum Gasteiger partial charge on any atom is -0.338 e. The van der Waals surface area contributed by atoms with Gasteiger partial charge in [-0.3, -0.25) is 0 Å². The van der Waals surface area contributed by atoms with Crippen LogP contribution in [0.5, 0.6) is 0 Å². The molecule has 2 aromatic rings. The lowest BCUT2D eigenvalue weighted by molar-refractivity contribution is 0.289. The van der Waals surface area contributed by atoms with Crippen LogP contribution in [-0.4, -0.2) is 29.4 Å². The van der Waals surface area contributed by atoms with Crippen LogP contribution in [0.4, 0.5) is 0 Å². The zero-order valence-electron chi connectivity index (χ0n) is 12.9. The van der Waals surface area contributed by atoms with Crippen LogP contribution in [0.15, 0.2) is 27.6 Å². The molecular formula is C15H19N3O3S. The van der Waals surface area contributed by atoms with Gasteiger partial charge in [-0.1, -0.05) is 17.3 Å². The Morgan fingerprint density at radius 3 is 2.73 bits per heavy atom. The lowest BCUT2D eigenvalue weighted by Crippen LogP contribution is -2.31. The van der Waals surface area contributed by atoms with Crippen LogP contribution in [0.25, 0.3) is 0 Å². The first-order valence-electron chi connectivity index (χ1n) is 7.29. The molecule has 22 heavy (non-hydrogen) atoms. The molecule has 0 bridgehead atoms. The highest BCUT2D eigenvalue weighted by Gasteiger charge is 2.39. The molecule has 1 unspecified atom stereocenters. The van der Waals surface area contributed by atoms with E-state index in [1.165, 1.54) is 4.31 Å². The fourth-order valence-corrected chi connectivity index (χ4v) is 4.80. The first-order valence-corrected chi connectivity index (χ1v) is 8.73. The van der Waals surface area contributed by atoms with Crippen molar-refractivity contribution in [2.45, 2.75) is 44.6 Å². The minimum atomic E-state index is -3.57. The van der Waals surface area contributed by atoms with E-state index in [0.717, 1.165) is 17.5 Å². The molecule has 118 valence electrons. The molecule has 3 rings (SSSR count). The fraction of sp³-hybridized carbons (Fsp3) is 0.467. The van der Waals surface area contributed by atoms with Crippen molar-refractivity contribution in [1.82, 2.24) is 14.4 Å². The maximum atomic E-state index is 13.0. The van der Waals surface area contributed by atoms with Crippen molar-refractivity contribution >= 4 is 10.0 Å². The van der Waals surface area contributed by atoms with E-state index in [-0.39, 0.29) is 6.04 Å². The average Bonchev–Trinajstić information content (AvgIpc) is 3.09. The van der Waals surface area contributed by atoms with Crippen LogP contribution in [0.2, 0.25) is 0 Å². The van der Waals surface area contributed by atoms with Crippen LogP contribution in [0.3, 0.4) is 0 Å². The largest absolute Gasteiger partial charge is 0.338 e. The molecule has 1 saturated heterocycles. The normalized spacial score (nSPS) is 19.7. The molecule has 0 spiro atoms. The van der Waals surface area contributed by atoms with Crippen molar-refractivity contribution in [3.05, 3.63) is 41.0 Å². The monoisotopic (exact) mass is 321 g/mol. The Labute approximate surface area is 130 Å². The predicted molar refractivity (Wildman–Crippen MR) is 80.8 cm³/mol. The maximum Gasteiger partial charge on any atom is 0.245 e. The zero-order valence-corrected chi connectivity index (χ0v) is 13.7. The second-order valence-corrected chi connectivity index (χ2v) is 7.58. The van der Waals surface area contributed by atoms with Gasteiger partial charge < -0.3 is 4.52 Å². The van der Waals surface area contributed by atoms with Crippen molar-refractivity contribution in [3.8, 4) is 0 Å². The molecule has 0 radical (unpaired) electrons. The summed E-state index contributed by atoms with van der Waals surface area (Å²) >= 11 is 0. The van der Waals surface area contributed by atoms with Crippen molar-refractivity contribution in [2.75, 3.05) is 6.54 Å². The molecule has 1 aliphatic rings.